The monoisotopic (exact) mass is 210 g/mol. The molecule has 3 unspecified atom stereocenters. The molecule has 2 nitrogen and oxygen atoms in total. The summed E-state index contributed by atoms with van der Waals surface area (Å²) in [5, 5.41) is 3.73. The van der Waals surface area contributed by atoms with Gasteiger partial charge in [-0.3, -0.25) is 0 Å². The molecule has 0 aromatic heterocycles. The highest BCUT2D eigenvalue weighted by atomic mass is 15.2. The molecule has 2 saturated heterocycles. The normalized spacial score (nSPS) is 42.6. The SMILES string of the molecule is CCC1(CN2CC(C)C(C)C2)CCCN1. The van der Waals surface area contributed by atoms with E-state index in [2.05, 4.69) is 31.0 Å². The van der Waals surface area contributed by atoms with Gasteiger partial charge >= 0.3 is 0 Å². The van der Waals surface area contributed by atoms with Crippen molar-refractivity contribution in [2.24, 2.45) is 11.8 Å². The highest BCUT2D eigenvalue weighted by Gasteiger charge is 2.36. The van der Waals surface area contributed by atoms with Crippen LogP contribution in [0.2, 0.25) is 0 Å². The highest BCUT2D eigenvalue weighted by molar-refractivity contribution is 4.96. The molecule has 0 aliphatic carbocycles. The third-order valence-electron chi connectivity index (χ3n) is 4.60. The van der Waals surface area contributed by atoms with Gasteiger partial charge < -0.3 is 10.2 Å². The number of nitrogens with one attached hydrogen (secondary N) is 1. The Morgan fingerprint density at radius 3 is 2.40 bits per heavy atom. The van der Waals surface area contributed by atoms with Crippen LogP contribution in [-0.2, 0) is 0 Å². The quantitative estimate of drug-likeness (QED) is 0.767. The van der Waals surface area contributed by atoms with Gasteiger partial charge in [-0.15, -0.1) is 0 Å². The summed E-state index contributed by atoms with van der Waals surface area (Å²) in [5.41, 5.74) is 0.448. The minimum atomic E-state index is 0.448. The molecule has 0 radical (unpaired) electrons. The summed E-state index contributed by atoms with van der Waals surface area (Å²) in [6.45, 7) is 12.2. The van der Waals surface area contributed by atoms with Crippen molar-refractivity contribution < 1.29 is 0 Å². The van der Waals surface area contributed by atoms with Crippen LogP contribution in [0.3, 0.4) is 0 Å². The van der Waals surface area contributed by atoms with Crippen molar-refractivity contribution in [1.29, 1.82) is 0 Å². The molecule has 2 heteroatoms. The van der Waals surface area contributed by atoms with Crippen LogP contribution < -0.4 is 5.32 Å². The Balaban J connectivity index is 1.90. The highest BCUT2D eigenvalue weighted by Crippen LogP contribution is 2.28. The van der Waals surface area contributed by atoms with Crippen molar-refractivity contribution in [3.05, 3.63) is 0 Å². The van der Waals surface area contributed by atoms with Gasteiger partial charge in [0, 0.05) is 25.2 Å². The zero-order chi connectivity index (χ0) is 10.9. The van der Waals surface area contributed by atoms with Crippen molar-refractivity contribution in [3.63, 3.8) is 0 Å². The minimum absolute atomic E-state index is 0.448. The molecule has 3 atom stereocenters. The van der Waals surface area contributed by atoms with E-state index in [0.29, 0.717) is 5.54 Å². The molecule has 1 N–H and O–H groups in total. The van der Waals surface area contributed by atoms with Crippen LogP contribution in [0, 0.1) is 11.8 Å². The number of likely N-dealkylation sites (tertiary alicyclic amines) is 1. The predicted octanol–water partition coefficient (Wildman–Crippen LogP) is 2.11. The summed E-state index contributed by atoms with van der Waals surface area (Å²) in [5.74, 6) is 1.78. The van der Waals surface area contributed by atoms with E-state index >= 15 is 0 Å². The Morgan fingerprint density at radius 1 is 1.27 bits per heavy atom. The van der Waals surface area contributed by atoms with Gasteiger partial charge in [0.25, 0.3) is 0 Å². The zero-order valence-corrected chi connectivity index (χ0v) is 10.6. The predicted molar refractivity (Wildman–Crippen MR) is 65.0 cm³/mol. The number of rotatable bonds is 3. The van der Waals surface area contributed by atoms with Crippen LogP contribution >= 0.6 is 0 Å². The van der Waals surface area contributed by atoms with Gasteiger partial charge in [-0.1, -0.05) is 20.8 Å². The average molecular weight is 210 g/mol. The molecule has 0 bridgehead atoms. The third kappa shape index (κ3) is 2.36. The van der Waals surface area contributed by atoms with Gasteiger partial charge in [0.1, 0.15) is 0 Å². The van der Waals surface area contributed by atoms with Crippen molar-refractivity contribution >= 4 is 0 Å². The molecule has 2 aliphatic rings. The lowest BCUT2D eigenvalue weighted by Gasteiger charge is -2.33. The standard InChI is InChI=1S/C13H26N2/c1-4-13(6-5-7-14-13)10-15-8-11(2)12(3)9-15/h11-12,14H,4-10H2,1-3H3. The number of nitrogens with zero attached hydrogens (tertiary/aromatic N) is 1. The zero-order valence-electron chi connectivity index (χ0n) is 10.6. The molecule has 0 aromatic carbocycles. The van der Waals surface area contributed by atoms with Crippen LogP contribution in [0.25, 0.3) is 0 Å². The van der Waals surface area contributed by atoms with Crippen molar-refractivity contribution in [2.75, 3.05) is 26.2 Å². The topological polar surface area (TPSA) is 15.3 Å². The second-order valence-electron chi connectivity index (χ2n) is 5.81. The molecule has 2 rings (SSSR count). The summed E-state index contributed by atoms with van der Waals surface area (Å²) in [6, 6.07) is 0. The first-order valence-corrected chi connectivity index (χ1v) is 6.62. The fourth-order valence-corrected chi connectivity index (χ4v) is 3.22. The largest absolute Gasteiger partial charge is 0.310 e. The molecule has 2 aliphatic heterocycles. The van der Waals surface area contributed by atoms with Gasteiger partial charge in [-0.25, -0.2) is 0 Å². The van der Waals surface area contributed by atoms with Crippen molar-refractivity contribution in [1.82, 2.24) is 10.2 Å². The molecule has 0 aromatic rings. The third-order valence-corrected chi connectivity index (χ3v) is 4.60. The van der Waals surface area contributed by atoms with E-state index in [1.165, 1.54) is 45.4 Å². The van der Waals surface area contributed by atoms with Gasteiger partial charge in [0.15, 0.2) is 0 Å². The molecule has 0 spiro atoms. The van der Waals surface area contributed by atoms with Crippen molar-refractivity contribution in [2.45, 2.75) is 45.6 Å². The Kier molecular flexibility index (Phi) is 3.36. The van der Waals surface area contributed by atoms with E-state index in [1.54, 1.807) is 0 Å². The molecular formula is C13H26N2. The van der Waals surface area contributed by atoms with Crippen LogP contribution in [-0.4, -0.2) is 36.6 Å². The Labute approximate surface area is 94.4 Å². The summed E-state index contributed by atoms with van der Waals surface area (Å²) in [4.78, 5) is 2.68. The summed E-state index contributed by atoms with van der Waals surface area (Å²) >= 11 is 0. The maximum absolute atomic E-state index is 3.73. The Bertz CT molecular complexity index is 199. The summed E-state index contributed by atoms with van der Waals surface area (Å²) in [6.07, 6.45) is 4.03. The maximum atomic E-state index is 3.73. The van der Waals surface area contributed by atoms with E-state index in [9.17, 15) is 0 Å². The summed E-state index contributed by atoms with van der Waals surface area (Å²) < 4.78 is 0. The molecule has 2 fully saturated rings. The lowest BCUT2D eigenvalue weighted by molar-refractivity contribution is 0.213. The van der Waals surface area contributed by atoms with Gasteiger partial charge in [-0.05, 0) is 37.6 Å². The van der Waals surface area contributed by atoms with E-state index < -0.39 is 0 Å². The lowest BCUT2D eigenvalue weighted by atomic mass is 9.93. The van der Waals surface area contributed by atoms with Crippen LogP contribution in [0.15, 0.2) is 0 Å². The fourth-order valence-electron chi connectivity index (χ4n) is 3.22. The molecule has 15 heavy (non-hydrogen) atoms. The molecule has 2 heterocycles. The van der Waals surface area contributed by atoms with E-state index in [1.807, 2.05) is 0 Å². The van der Waals surface area contributed by atoms with Crippen LogP contribution in [0.1, 0.15) is 40.0 Å². The minimum Gasteiger partial charge on any atom is -0.310 e. The average Bonchev–Trinajstić information content (AvgIpc) is 2.77. The molecule has 0 saturated carbocycles. The van der Waals surface area contributed by atoms with Gasteiger partial charge in [0.2, 0.25) is 0 Å². The first-order valence-electron chi connectivity index (χ1n) is 6.62. The smallest absolute Gasteiger partial charge is 0.0306 e. The van der Waals surface area contributed by atoms with Gasteiger partial charge in [0.05, 0.1) is 0 Å². The Morgan fingerprint density at radius 2 is 1.93 bits per heavy atom. The second-order valence-corrected chi connectivity index (χ2v) is 5.81. The Hall–Kier alpha value is -0.0800. The number of hydrogen-bond acceptors (Lipinski definition) is 2. The van der Waals surface area contributed by atoms with E-state index in [0.717, 1.165) is 11.8 Å². The molecule has 0 amide bonds. The van der Waals surface area contributed by atoms with Gasteiger partial charge in [-0.2, -0.15) is 0 Å². The first-order chi connectivity index (χ1) is 7.15. The van der Waals surface area contributed by atoms with Crippen LogP contribution in [0.5, 0.6) is 0 Å². The fraction of sp³-hybridized carbons (Fsp3) is 1.00. The lowest BCUT2D eigenvalue weighted by Crippen LogP contribution is -2.49. The first kappa shape index (κ1) is 11.4. The maximum Gasteiger partial charge on any atom is 0.0306 e. The molecule has 88 valence electrons. The summed E-state index contributed by atoms with van der Waals surface area (Å²) in [7, 11) is 0. The molecular weight excluding hydrogens is 184 g/mol. The van der Waals surface area contributed by atoms with E-state index in [-0.39, 0.29) is 0 Å². The van der Waals surface area contributed by atoms with Crippen LogP contribution in [0.4, 0.5) is 0 Å². The van der Waals surface area contributed by atoms with Crippen molar-refractivity contribution in [3.8, 4) is 0 Å². The van der Waals surface area contributed by atoms with E-state index in [4.69, 9.17) is 0 Å². The number of hydrogen-bond donors (Lipinski definition) is 1. The second kappa shape index (κ2) is 4.42.